The van der Waals surface area contributed by atoms with Gasteiger partial charge < -0.3 is 10.6 Å². The van der Waals surface area contributed by atoms with E-state index in [1.54, 1.807) is 0 Å². The minimum absolute atomic E-state index is 0.0403. The van der Waals surface area contributed by atoms with Gasteiger partial charge in [0.05, 0.1) is 6.42 Å². The van der Waals surface area contributed by atoms with Gasteiger partial charge in [-0.3, -0.25) is 9.59 Å². The molecular weight excluding hydrogens is 168 g/mol. The lowest BCUT2D eigenvalue weighted by atomic mass is 10.1. The third-order valence-electron chi connectivity index (χ3n) is 1.89. The maximum Gasteiger partial charge on any atom is 0.232 e. The van der Waals surface area contributed by atoms with Crippen molar-refractivity contribution < 1.29 is 9.59 Å². The van der Waals surface area contributed by atoms with Crippen molar-refractivity contribution in [3.63, 3.8) is 0 Å². The zero-order chi connectivity index (χ0) is 9.68. The van der Waals surface area contributed by atoms with Crippen LogP contribution < -0.4 is 10.6 Å². The maximum atomic E-state index is 11.0. The Balaban J connectivity index is 2.27. The van der Waals surface area contributed by atoms with E-state index in [0.29, 0.717) is 19.4 Å². The second kappa shape index (κ2) is 4.51. The number of carbonyl (C=O) groups is 2. The molecular formula is C9H12N2O2. The van der Waals surface area contributed by atoms with Gasteiger partial charge in [-0.25, -0.2) is 0 Å². The molecule has 2 amide bonds. The van der Waals surface area contributed by atoms with Gasteiger partial charge in [0.2, 0.25) is 11.8 Å². The average Bonchev–Trinajstić information content (AvgIpc) is 2.09. The lowest BCUT2D eigenvalue weighted by molar-refractivity contribution is -0.125. The Morgan fingerprint density at radius 3 is 3.08 bits per heavy atom. The predicted molar refractivity (Wildman–Crippen MR) is 47.6 cm³/mol. The van der Waals surface area contributed by atoms with E-state index in [1.807, 2.05) is 0 Å². The van der Waals surface area contributed by atoms with E-state index >= 15 is 0 Å². The first-order valence-electron chi connectivity index (χ1n) is 4.22. The molecule has 0 aromatic rings. The highest BCUT2D eigenvalue weighted by molar-refractivity contribution is 5.80. The van der Waals surface area contributed by atoms with E-state index in [1.165, 1.54) is 0 Å². The number of rotatable bonds is 2. The largest absolute Gasteiger partial charge is 0.354 e. The summed E-state index contributed by atoms with van der Waals surface area (Å²) in [5, 5.41) is 5.42. The van der Waals surface area contributed by atoms with Crippen LogP contribution in [-0.2, 0) is 9.59 Å². The Hall–Kier alpha value is -1.50. The van der Waals surface area contributed by atoms with Crippen molar-refractivity contribution in [1.82, 2.24) is 10.6 Å². The molecule has 2 N–H and O–H groups in total. The van der Waals surface area contributed by atoms with Gasteiger partial charge in [0, 0.05) is 19.0 Å². The van der Waals surface area contributed by atoms with Crippen LogP contribution in [0.4, 0.5) is 0 Å². The summed E-state index contributed by atoms with van der Waals surface area (Å²) >= 11 is 0. The van der Waals surface area contributed by atoms with Crippen LogP contribution in [0.25, 0.3) is 0 Å². The van der Waals surface area contributed by atoms with Gasteiger partial charge in [-0.2, -0.15) is 0 Å². The summed E-state index contributed by atoms with van der Waals surface area (Å²) in [5.74, 6) is 2.16. The van der Waals surface area contributed by atoms with Gasteiger partial charge in [-0.1, -0.05) is 5.92 Å². The van der Waals surface area contributed by atoms with Crippen LogP contribution in [0.15, 0.2) is 0 Å². The fourth-order valence-electron chi connectivity index (χ4n) is 1.23. The lowest BCUT2D eigenvalue weighted by Gasteiger charge is -2.22. The topological polar surface area (TPSA) is 58.2 Å². The Kier molecular flexibility index (Phi) is 3.32. The third kappa shape index (κ3) is 3.16. The van der Waals surface area contributed by atoms with Gasteiger partial charge in [-0.05, 0) is 6.42 Å². The normalized spacial score (nSPS) is 21.5. The zero-order valence-corrected chi connectivity index (χ0v) is 7.30. The Morgan fingerprint density at radius 2 is 2.54 bits per heavy atom. The number of nitrogens with one attached hydrogen (secondary N) is 2. The highest BCUT2D eigenvalue weighted by atomic mass is 16.2. The smallest absolute Gasteiger partial charge is 0.232 e. The number of carbonyl (C=O) groups excluding carboxylic acids is 2. The summed E-state index contributed by atoms with van der Waals surface area (Å²) < 4.78 is 0. The highest BCUT2D eigenvalue weighted by Gasteiger charge is 2.18. The van der Waals surface area contributed by atoms with Gasteiger partial charge in [-0.15, -0.1) is 6.42 Å². The second-order valence-corrected chi connectivity index (χ2v) is 2.99. The molecule has 0 spiro atoms. The van der Waals surface area contributed by atoms with Crippen molar-refractivity contribution in [2.45, 2.75) is 25.3 Å². The molecule has 1 rings (SSSR count). The number of amides is 2. The van der Waals surface area contributed by atoms with E-state index in [2.05, 4.69) is 16.6 Å². The summed E-state index contributed by atoms with van der Waals surface area (Å²) in [6.07, 6.45) is 6.25. The molecule has 0 aromatic carbocycles. The predicted octanol–water partition coefficient (Wildman–Crippen LogP) is -0.595. The van der Waals surface area contributed by atoms with E-state index in [9.17, 15) is 9.59 Å². The van der Waals surface area contributed by atoms with Crippen LogP contribution in [0.2, 0.25) is 0 Å². The summed E-state index contributed by atoms with van der Waals surface area (Å²) in [6, 6.07) is 0.0403. The second-order valence-electron chi connectivity index (χ2n) is 2.99. The molecule has 13 heavy (non-hydrogen) atoms. The number of terminal acetylenes is 1. The molecule has 0 saturated carbocycles. The van der Waals surface area contributed by atoms with Crippen LogP contribution >= 0.6 is 0 Å². The van der Waals surface area contributed by atoms with Crippen LogP contribution in [-0.4, -0.2) is 24.4 Å². The zero-order valence-electron chi connectivity index (χ0n) is 7.30. The van der Waals surface area contributed by atoms with E-state index in [4.69, 9.17) is 6.42 Å². The highest BCUT2D eigenvalue weighted by Crippen LogP contribution is 2.02. The maximum absolute atomic E-state index is 11.0. The molecule has 4 heteroatoms. The number of hydrogen-bond acceptors (Lipinski definition) is 2. The number of piperidine rings is 1. The molecule has 1 heterocycles. The van der Waals surface area contributed by atoms with E-state index in [-0.39, 0.29) is 24.3 Å². The van der Waals surface area contributed by atoms with Gasteiger partial charge in [0.15, 0.2) is 0 Å². The minimum atomic E-state index is -0.149. The van der Waals surface area contributed by atoms with E-state index in [0.717, 1.165) is 0 Å². The third-order valence-corrected chi connectivity index (χ3v) is 1.89. The molecule has 0 radical (unpaired) electrons. The van der Waals surface area contributed by atoms with E-state index < -0.39 is 0 Å². The Bertz CT molecular complexity index is 245. The van der Waals surface area contributed by atoms with Gasteiger partial charge in [0.25, 0.3) is 0 Å². The molecule has 1 atom stereocenters. The SMILES string of the molecule is C#CCC(=O)NC1CCC(=O)NC1. The standard InChI is InChI=1S/C9H12N2O2/c1-2-3-9(13)11-7-4-5-8(12)10-6-7/h1,7H,3-6H2,(H,10,12)(H,11,13). The van der Waals surface area contributed by atoms with Crippen molar-refractivity contribution in [2.75, 3.05) is 6.54 Å². The van der Waals surface area contributed by atoms with Gasteiger partial charge >= 0.3 is 0 Å². The molecule has 0 aliphatic carbocycles. The minimum Gasteiger partial charge on any atom is -0.354 e. The number of hydrogen-bond donors (Lipinski definition) is 2. The molecule has 1 fully saturated rings. The van der Waals surface area contributed by atoms with Crippen LogP contribution in [0.3, 0.4) is 0 Å². The van der Waals surface area contributed by atoms with Crippen molar-refractivity contribution in [1.29, 1.82) is 0 Å². The Morgan fingerprint density at radius 1 is 1.77 bits per heavy atom. The molecule has 70 valence electrons. The first kappa shape index (κ1) is 9.59. The first-order chi connectivity index (χ1) is 6.22. The van der Waals surface area contributed by atoms with Crippen molar-refractivity contribution >= 4 is 11.8 Å². The quantitative estimate of drug-likeness (QED) is 0.558. The summed E-state index contributed by atoms with van der Waals surface area (Å²) in [4.78, 5) is 21.8. The van der Waals surface area contributed by atoms with Crippen LogP contribution in [0.5, 0.6) is 0 Å². The molecule has 1 unspecified atom stereocenters. The summed E-state index contributed by atoms with van der Waals surface area (Å²) in [7, 11) is 0. The summed E-state index contributed by atoms with van der Waals surface area (Å²) in [6.45, 7) is 0.509. The van der Waals surface area contributed by atoms with Crippen LogP contribution in [0, 0.1) is 12.3 Å². The molecule has 0 bridgehead atoms. The lowest BCUT2D eigenvalue weighted by Crippen LogP contribution is -2.47. The molecule has 1 aliphatic heterocycles. The first-order valence-corrected chi connectivity index (χ1v) is 4.22. The summed E-state index contributed by atoms with van der Waals surface area (Å²) in [5.41, 5.74) is 0. The average molecular weight is 180 g/mol. The molecule has 1 aliphatic rings. The van der Waals surface area contributed by atoms with Crippen molar-refractivity contribution in [2.24, 2.45) is 0 Å². The Labute approximate surface area is 77.1 Å². The van der Waals surface area contributed by atoms with Crippen molar-refractivity contribution in [3.05, 3.63) is 0 Å². The molecule has 0 aromatic heterocycles. The van der Waals surface area contributed by atoms with Crippen LogP contribution in [0.1, 0.15) is 19.3 Å². The molecule has 4 nitrogen and oxygen atoms in total. The molecule has 1 saturated heterocycles. The van der Waals surface area contributed by atoms with Gasteiger partial charge in [0.1, 0.15) is 0 Å². The van der Waals surface area contributed by atoms with Crippen molar-refractivity contribution in [3.8, 4) is 12.3 Å². The monoisotopic (exact) mass is 180 g/mol. The fraction of sp³-hybridized carbons (Fsp3) is 0.556. The fourth-order valence-corrected chi connectivity index (χ4v) is 1.23.